The molecule has 0 bridgehead atoms. The highest BCUT2D eigenvalue weighted by atomic mass is 32.2. The number of amides is 2. The molecule has 1 fully saturated rings. The first-order valence-electron chi connectivity index (χ1n) is 17.3. The number of nitrogens with one attached hydrogen (secondary N) is 2. The van der Waals surface area contributed by atoms with Gasteiger partial charge < -0.3 is 19.5 Å². The summed E-state index contributed by atoms with van der Waals surface area (Å²) in [5, 5.41) is 2.28. The number of esters is 1. The van der Waals surface area contributed by atoms with Crippen LogP contribution in [0.1, 0.15) is 96.0 Å². The molecule has 1 aromatic heterocycles. The zero-order chi connectivity index (χ0) is 37.3. The third-order valence-corrected chi connectivity index (χ3v) is 10.0. The Kier molecular flexibility index (Phi) is 11.1. The molecule has 2 heterocycles. The average Bonchev–Trinajstić information content (AvgIpc) is 3.20. The topological polar surface area (TPSA) is 133 Å². The van der Waals surface area contributed by atoms with Crippen LogP contribution >= 0.6 is 0 Å². The van der Waals surface area contributed by atoms with E-state index in [0.717, 1.165) is 39.9 Å². The molecule has 2 N–H and O–H groups in total. The number of ether oxygens (including phenoxy) is 3. The number of pyridine rings is 1. The lowest BCUT2D eigenvalue weighted by atomic mass is 9.86. The molecule has 51 heavy (non-hydrogen) atoms. The van der Waals surface area contributed by atoms with Crippen LogP contribution < -0.4 is 10.0 Å². The van der Waals surface area contributed by atoms with Gasteiger partial charge in [-0.2, -0.15) is 0 Å². The zero-order valence-corrected chi connectivity index (χ0v) is 31.4. The number of benzene rings is 2. The van der Waals surface area contributed by atoms with Gasteiger partial charge in [0.2, 0.25) is 0 Å². The summed E-state index contributed by atoms with van der Waals surface area (Å²) >= 11 is 0. The Balaban J connectivity index is 1.64. The zero-order valence-electron chi connectivity index (χ0n) is 30.6. The van der Waals surface area contributed by atoms with Crippen LogP contribution in [0.4, 0.5) is 9.18 Å². The maximum absolute atomic E-state index is 14.3. The molecular formula is C39H48FN3O7S. The highest BCUT2D eigenvalue weighted by molar-refractivity contribution is 7.90. The fourth-order valence-electron chi connectivity index (χ4n) is 6.69. The van der Waals surface area contributed by atoms with E-state index < -0.39 is 39.7 Å². The van der Waals surface area contributed by atoms with Crippen molar-refractivity contribution in [3.05, 3.63) is 76.7 Å². The maximum atomic E-state index is 14.3. The van der Waals surface area contributed by atoms with Crippen molar-refractivity contribution >= 4 is 28.1 Å². The van der Waals surface area contributed by atoms with Crippen molar-refractivity contribution in [2.75, 3.05) is 7.05 Å². The minimum Gasteiger partial charge on any atom is -0.460 e. The van der Waals surface area contributed by atoms with Gasteiger partial charge in [0.1, 0.15) is 11.4 Å². The number of hydrogen-bond acceptors (Lipinski definition) is 8. The minimum absolute atomic E-state index is 0.0573. The highest BCUT2D eigenvalue weighted by Gasteiger charge is 2.36. The predicted octanol–water partition coefficient (Wildman–Crippen LogP) is 7.44. The summed E-state index contributed by atoms with van der Waals surface area (Å²) in [5.74, 6) is -1.72. The molecule has 1 aliphatic carbocycles. The summed E-state index contributed by atoms with van der Waals surface area (Å²) in [6, 6.07) is 10.4. The van der Waals surface area contributed by atoms with Crippen LogP contribution in [-0.4, -0.2) is 56.0 Å². The summed E-state index contributed by atoms with van der Waals surface area (Å²) in [7, 11) is -2.83. The molecule has 12 heteroatoms. The van der Waals surface area contributed by atoms with Crippen molar-refractivity contribution in [2.24, 2.45) is 0 Å². The molecule has 1 aliphatic heterocycles. The van der Waals surface area contributed by atoms with Gasteiger partial charge in [-0.3, -0.25) is 9.78 Å². The van der Waals surface area contributed by atoms with E-state index >= 15 is 0 Å². The molecule has 2 amide bonds. The van der Waals surface area contributed by atoms with Crippen LogP contribution in [0, 0.1) is 5.82 Å². The van der Waals surface area contributed by atoms with Crippen molar-refractivity contribution in [2.45, 2.75) is 115 Å². The first-order chi connectivity index (χ1) is 23.9. The van der Waals surface area contributed by atoms with E-state index in [1.165, 1.54) is 25.2 Å². The molecule has 2 atom stereocenters. The molecule has 0 unspecified atom stereocenters. The van der Waals surface area contributed by atoms with Crippen LogP contribution in [0.3, 0.4) is 0 Å². The second kappa shape index (κ2) is 14.8. The molecule has 0 saturated carbocycles. The van der Waals surface area contributed by atoms with Gasteiger partial charge in [0, 0.05) is 24.6 Å². The van der Waals surface area contributed by atoms with E-state index in [0.29, 0.717) is 30.5 Å². The number of hydrogen-bond donors (Lipinski definition) is 2. The number of sulfonamides is 1. The van der Waals surface area contributed by atoms with Crippen molar-refractivity contribution in [1.29, 1.82) is 0 Å². The lowest BCUT2D eigenvalue weighted by molar-refractivity contribution is -0.290. The second-order valence-electron chi connectivity index (χ2n) is 14.8. The number of nitrogens with zero attached hydrogens (tertiary/aromatic N) is 1. The van der Waals surface area contributed by atoms with E-state index in [-0.39, 0.29) is 29.0 Å². The van der Waals surface area contributed by atoms with Gasteiger partial charge in [-0.1, -0.05) is 44.2 Å². The van der Waals surface area contributed by atoms with E-state index in [1.54, 1.807) is 24.3 Å². The Labute approximate surface area is 300 Å². The van der Waals surface area contributed by atoms with Gasteiger partial charge in [-0.25, -0.2) is 22.3 Å². The van der Waals surface area contributed by atoms with E-state index in [4.69, 9.17) is 19.2 Å². The average molecular weight is 722 g/mol. The van der Waals surface area contributed by atoms with Crippen LogP contribution in [0.5, 0.6) is 0 Å². The van der Waals surface area contributed by atoms with Crippen molar-refractivity contribution in [3.8, 4) is 22.4 Å². The van der Waals surface area contributed by atoms with E-state index in [1.807, 2.05) is 65.3 Å². The Bertz CT molecular complexity index is 1930. The van der Waals surface area contributed by atoms with Gasteiger partial charge in [-0.05, 0) is 106 Å². The molecule has 3 aromatic rings. The highest BCUT2D eigenvalue weighted by Crippen LogP contribution is 2.43. The summed E-state index contributed by atoms with van der Waals surface area (Å²) in [5.41, 5.74) is 5.85. The number of rotatable bonds is 8. The fraction of sp³-hybridized carbons (Fsp3) is 0.462. The molecule has 10 nitrogen and oxygen atoms in total. The monoisotopic (exact) mass is 721 g/mol. The van der Waals surface area contributed by atoms with Crippen LogP contribution in [0.2, 0.25) is 0 Å². The van der Waals surface area contributed by atoms with E-state index in [9.17, 15) is 22.4 Å². The molecule has 2 aliphatic rings. The van der Waals surface area contributed by atoms with E-state index in [2.05, 4.69) is 5.32 Å². The van der Waals surface area contributed by atoms with Crippen LogP contribution in [0.25, 0.3) is 28.5 Å². The van der Waals surface area contributed by atoms with Gasteiger partial charge in [0.05, 0.1) is 34.9 Å². The second-order valence-corrected chi connectivity index (χ2v) is 16.5. The van der Waals surface area contributed by atoms with Crippen LogP contribution in [0.15, 0.2) is 53.4 Å². The standard InChI is InChI=1S/C39H48FN3O7S/c1-23(2)35-31(19-17-27-20-28(49-39(6,7)48-27)21-33(44)50-38(3,4)5)34(25-12-15-26(40)16-13-25)30-11-9-10-24-14-18-29(22-32(24)36(30)42-35)51(46,47)43-37(45)41-8/h12-19,22-23,27-28H,9-11,20-21H2,1-8H3,(H2,41,43,45)/t27-,28-/m1/s1. The predicted molar refractivity (Wildman–Crippen MR) is 194 cm³/mol. The van der Waals surface area contributed by atoms with Gasteiger partial charge in [-0.15, -0.1) is 0 Å². The van der Waals surface area contributed by atoms with Gasteiger partial charge >= 0.3 is 12.0 Å². The number of carbonyl (C=O) groups is 2. The number of carbonyl (C=O) groups excluding carboxylic acids is 2. The molecule has 0 spiro atoms. The summed E-state index contributed by atoms with van der Waals surface area (Å²) in [6.07, 6.45) is 5.74. The van der Waals surface area contributed by atoms with Gasteiger partial charge in [0.25, 0.3) is 10.0 Å². The van der Waals surface area contributed by atoms with Crippen molar-refractivity contribution < 1.29 is 36.6 Å². The first-order valence-corrected chi connectivity index (χ1v) is 18.8. The number of halogens is 1. The lowest BCUT2D eigenvalue weighted by Gasteiger charge is -2.40. The largest absolute Gasteiger partial charge is 0.460 e. The quantitative estimate of drug-likeness (QED) is 0.230. The van der Waals surface area contributed by atoms with Crippen LogP contribution in [-0.2, 0) is 41.9 Å². The molecular weight excluding hydrogens is 674 g/mol. The Morgan fingerprint density at radius 3 is 2.45 bits per heavy atom. The summed E-state index contributed by atoms with van der Waals surface area (Å²) < 4.78 is 60.7. The lowest BCUT2D eigenvalue weighted by Crippen LogP contribution is -2.45. The molecule has 5 rings (SSSR count). The Morgan fingerprint density at radius 1 is 1.10 bits per heavy atom. The third-order valence-electron chi connectivity index (χ3n) is 8.69. The number of urea groups is 1. The first kappa shape index (κ1) is 38.1. The fourth-order valence-corrected chi connectivity index (χ4v) is 7.68. The molecule has 2 aromatic carbocycles. The molecule has 1 saturated heterocycles. The normalized spacial score (nSPS) is 18.9. The van der Waals surface area contributed by atoms with Crippen molar-refractivity contribution in [1.82, 2.24) is 15.0 Å². The SMILES string of the molecule is CNC(=O)NS(=O)(=O)c1ccc2c(c1)-c1nc(C(C)C)c(C=C[C@@H]3C[C@H](CC(=O)OC(C)(C)C)OC(C)(C)O3)c(-c3ccc(F)cc3)c1CCC2. The summed E-state index contributed by atoms with van der Waals surface area (Å²) in [6.45, 7) is 13.2. The number of aryl methyl sites for hydroxylation is 1. The number of fused-ring (bicyclic) bond motifs is 3. The third kappa shape index (κ3) is 9.22. The maximum Gasteiger partial charge on any atom is 0.328 e. The van der Waals surface area contributed by atoms with Gasteiger partial charge in [0.15, 0.2) is 5.79 Å². The molecule has 0 radical (unpaired) electrons. The number of aromatic nitrogens is 1. The Hall–Kier alpha value is -4.13. The summed E-state index contributed by atoms with van der Waals surface area (Å²) in [4.78, 5) is 29.9. The minimum atomic E-state index is -4.17. The smallest absolute Gasteiger partial charge is 0.328 e. The van der Waals surface area contributed by atoms with Crippen molar-refractivity contribution in [3.63, 3.8) is 0 Å². The Morgan fingerprint density at radius 2 is 1.80 bits per heavy atom. The molecule has 274 valence electrons.